The topological polar surface area (TPSA) is 62.6 Å². The van der Waals surface area contributed by atoms with Gasteiger partial charge in [0.25, 0.3) is 5.91 Å². The van der Waals surface area contributed by atoms with E-state index in [4.69, 9.17) is 4.42 Å². The highest BCUT2D eigenvalue weighted by atomic mass is 16.3. The van der Waals surface area contributed by atoms with Gasteiger partial charge in [-0.1, -0.05) is 18.2 Å². The molecule has 0 unspecified atom stereocenters. The highest BCUT2D eigenvalue weighted by molar-refractivity contribution is 5.98. The maximum Gasteiger partial charge on any atom is 0.253 e. The largest absolute Gasteiger partial charge is 0.464 e. The fourth-order valence-corrected chi connectivity index (χ4v) is 2.69. The van der Waals surface area contributed by atoms with Gasteiger partial charge in [-0.25, -0.2) is 0 Å². The minimum absolute atomic E-state index is 0.104. The van der Waals surface area contributed by atoms with Gasteiger partial charge in [0.2, 0.25) is 5.91 Å². The number of nitrogens with zero attached hydrogens (tertiary/aromatic N) is 1. The van der Waals surface area contributed by atoms with Crippen molar-refractivity contribution < 1.29 is 14.0 Å². The van der Waals surface area contributed by atoms with Gasteiger partial charge in [-0.05, 0) is 36.8 Å². The maximum atomic E-state index is 12.4. The molecule has 0 bridgehead atoms. The second-order valence-corrected chi connectivity index (χ2v) is 6.27. The van der Waals surface area contributed by atoms with Crippen molar-refractivity contribution in [3.05, 3.63) is 65.4 Å². The predicted octanol–water partition coefficient (Wildman–Crippen LogP) is 3.62. The molecule has 1 N–H and O–H groups in total. The number of carbonyl (C=O) groups excluding carboxylic acids is 2. The molecule has 1 heterocycles. The predicted molar refractivity (Wildman–Crippen MR) is 97.7 cm³/mol. The van der Waals surface area contributed by atoms with Crippen LogP contribution in [0.1, 0.15) is 21.5 Å². The van der Waals surface area contributed by atoms with Gasteiger partial charge in [0.05, 0.1) is 12.7 Å². The van der Waals surface area contributed by atoms with Gasteiger partial charge in [0, 0.05) is 36.3 Å². The highest BCUT2D eigenvalue weighted by Gasteiger charge is 2.12. The van der Waals surface area contributed by atoms with Crippen LogP contribution in [0.25, 0.3) is 11.0 Å². The quantitative estimate of drug-likeness (QED) is 0.791. The van der Waals surface area contributed by atoms with Crippen molar-refractivity contribution in [3.8, 4) is 0 Å². The Hall–Kier alpha value is -3.08. The monoisotopic (exact) mass is 336 g/mol. The Kier molecular flexibility index (Phi) is 4.57. The van der Waals surface area contributed by atoms with Crippen molar-refractivity contribution in [1.29, 1.82) is 0 Å². The van der Waals surface area contributed by atoms with Crippen LogP contribution in [-0.2, 0) is 11.2 Å². The zero-order chi connectivity index (χ0) is 18.0. The molecule has 0 radical (unpaired) electrons. The molecule has 2 amide bonds. The molecule has 1 aromatic heterocycles. The lowest BCUT2D eigenvalue weighted by Gasteiger charge is -2.11. The molecule has 0 spiro atoms. The third-order valence-corrected chi connectivity index (χ3v) is 3.96. The SMILES string of the molecule is Cc1ccc2c(CC(=O)Nc3cccc(C(=O)N(C)C)c3)coc2c1. The van der Waals surface area contributed by atoms with Crippen LogP contribution in [0.5, 0.6) is 0 Å². The van der Waals surface area contributed by atoms with Crippen molar-refractivity contribution in [2.24, 2.45) is 0 Å². The van der Waals surface area contributed by atoms with E-state index in [1.807, 2.05) is 25.1 Å². The Labute approximate surface area is 146 Å². The van der Waals surface area contributed by atoms with Crippen LogP contribution in [0.2, 0.25) is 0 Å². The third kappa shape index (κ3) is 3.71. The number of fused-ring (bicyclic) bond motifs is 1. The van der Waals surface area contributed by atoms with E-state index in [1.54, 1.807) is 44.6 Å². The van der Waals surface area contributed by atoms with E-state index in [-0.39, 0.29) is 18.2 Å². The first-order chi connectivity index (χ1) is 11.9. The summed E-state index contributed by atoms with van der Waals surface area (Å²) in [5.41, 5.74) is 3.86. The molecule has 0 aliphatic carbocycles. The molecule has 3 aromatic rings. The van der Waals surface area contributed by atoms with Crippen LogP contribution in [0.3, 0.4) is 0 Å². The highest BCUT2D eigenvalue weighted by Crippen LogP contribution is 2.23. The molecule has 25 heavy (non-hydrogen) atoms. The molecule has 128 valence electrons. The lowest BCUT2D eigenvalue weighted by Crippen LogP contribution is -2.22. The Morgan fingerprint density at radius 1 is 1.12 bits per heavy atom. The van der Waals surface area contributed by atoms with Crippen molar-refractivity contribution in [3.63, 3.8) is 0 Å². The molecule has 0 saturated carbocycles. The molecular formula is C20H20N2O3. The fraction of sp³-hybridized carbons (Fsp3) is 0.200. The first kappa shape index (κ1) is 16.8. The number of amides is 2. The summed E-state index contributed by atoms with van der Waals surface area (Å²) in [6.45, 7) is 2.00. The van der Waals surface area contributed by atoms with E-state index in [2.05, 4.69) is 5.32 Å². The summed E-state index contributed by atoms with van der Waals surface area (Å²) >= 11 is 0. The number of hydrogen-bond acceptors (Lipinski definition) is 3. The van der Waals surface area contributed by atoms with Gasteiger partial charge in [0.15, 0.2) is 0 Å². The van der Waals surface area contributed by atoms with Gasteiger partial charge in [-0.3, -0.25) is 9.59 Å². The molecule has 0 atom stereocenters. The Bertz CT molecular complexity index is 941. The van der Waals surface area contributed by atoms with Gasteiger partial charge >= 0.3 is 0 Å². The second kappa shape index (κ2) is 6.81. The normalized spacial score (nSPS) is 10.7. The molecule has 2 aromatic carbocycles. The first-order valence-electron chi connectivity index (χ1n) is 8.02. The van der Waals surface area contributed by atoms with E-state index in [1.165, 1.54) is 4.90 Å². The van der Waals surface area contributed by atoms with Crippen LogP contribution < -0.4 is 5.32 Å². The Morgan fingerprint density at radius 2 is 1.92 bits per heavy atom. The molecule has 0 aliphatic heterocycles. The average molecular weight is 336 g/mol. The zero-order valence-corrected chi connectivity index (χ0v) is 14.5. The number of hydrogen-bond donors (Lipinski definition) is 1. The number of anilines is 1. The Balaban J connectivity index is 1.74. The summed E-state index contributed by atoms with van der Waals surface area (Å²) in [5.74, 6) is -0.259. The standard InChI is InChI=1S/C20H20N2O3/c1-13-7-8-17-15(12-25-18(17)9-13)11-19(23)21-16-6-4-5-14(10-16)20(24)22(2)3/h4-10,12H,11H2,1-3H3,(H,21,23). The van der Waals surface area contributed by atoms with Crippen LogP contribution in [0.4, 0.5) is 5.69 Å². The fourth-order valence-electron chi connectivity index (χ4n) is 2.69. The minimum Gasteiger partial charge on any atom is -0.464 e. The molecule has 0 saturated heterocycles. The van der Waals surface area contributed by atoms with Gasteiger partial charge in [0.1, 0.15) is 5.58 Å². The van der Waals surface area contributed by atoms with Crippen molar-refractivity contribution >= 4 is 28.5 Å². The lowest BCUT2D eigenvalue weighted by atomic mass is 10.1. The van der Waals surface area contributed by atoms with Crippen molar-refractivity contribution in [2.45, 2.75) is 13.3 Å². The number of carbonyl (C=O) groups is 2. The number of rotatable bonds is 4. The van der Waals surface area contributed by atoms with Crippen LogP contribution in [0, 0.1) is 6.92 Å². The van der Waals surface area contributed by atoms with Gasteiger partial charge in [-0.2, -0.15) is 0 Å². The number of nitrogens with one attached hydrogen (secondary N) is 1. The van der Waals surface area contributed by atoms with E-state index in [0.29, 0.717) is 11.3 Å². The van der Waals surface area contributed by atoms with Gasteiger partial charge < -0.3 is 14.6 Å². The molecule has 0 fully saturated rings. The van der Waals surface area contributed by atoms with Gasteiger partial charge in [-0.15, -0.1) is 0 Å². The summed E-state index contributed by atoms with van der Waals surface area (Å²) in [5, 5.41) is 3.78. The minimum atomic E-state index is -0.155. The molecule has 3 rings (SSSR count). The van der Waals surface area contributed by atoms with Crippen LogP contribution in [0.15, 0.2) is 53.1 Å². The number of aryl methyl sites for hydroxylation is 1. The average Bonchev–Trinajstić information content (AvgIpc) is 2.96. The number of furan rings is 1. The van der Waals surface area contributed by atoms with E-state index < -0.39 is 0 Å². The van der Waals surface area contributed by atoms with Crippen molar-refractivity contribution in [2.75, 3.05) is 19.4 Å². The van der Waals surface area contributed by atoms with E-state index in [9.17, 15) is 9.59 Å². The lowest BCUT2D eigenvalue weighted by molar-refractivity contribution is -0.115. The number of benzene rings is 2. The van der Waals surface area contributed by atoms with Crippen LogP contribution in [-0.4, -0.2) is 30.8 Å². The Morgan fingerprint density at radius 3 is 2.68 bits per heavy atom. The summed E-state index contributed by atoms with van der Waals surface area (Å²) < 4.78 is 5.53. The maximum absolute atomic E-state index is 12.4. The molecule has 5 heteroatoms. The second-order valence-electron chi connectivity index (χ2n) is 6.27. The first-order valence-corrected chi connectivity index (χ1v) is 8.02. The molecule has 0 aliphatic rings. The van der Waals surface area contributed by atoms with Crippen LogP contribution >= 0.6 is 0 Å². The van der Waals surface area contributed by atoms with E-state index in [0.717, 1.165) is 22.1 Å². The zero-order valence-electron chi connectivity index (χ0n) is 14.5. The molecule has 5 nitrogen and oxygen atoms in total. The summed E-state index contributed by atoms with van der Waals surface area (Å²) in [4.78, 5) is 25.9. The smallest absolute Gasteiger partial charge is 0.253 e. The summed E-state index contributed by atoms with van der Waals surface area (Å²) in [6, 6.07) is 12.8. The summed E-state index contributed by atoms with van der Waals surface area (Å²) in [7, 11) is 3.39. The van der Waals surface area contributed by atoms with Crippen molar-refractivity contribution in [1.82, 2.24) is 4.90 Å². The van der Waals surface area contributed by atoms with E-state index >= 15 is 0 Å². The summed E-state index contributed by atoms with van der Waals surface area (Å²) in [6.07, 6.45) is 1.83. The third-order valence-electron chi connectivity index (χ3n) is 3.96. The molecular weight excluding hydrogens is 316 g/mol.